The Morgan fingerprint density at radius 1 is 1.11 bits per heavy atom. The maximum absolute atomic E-state index is 12.4. The van der Waals surface area contributed by atoms with Crippen molar-refractivity contribution in [1.29, 1.82) is 0 Å². The molecule has 1 amide bonds. The monoisotopic (exact) mass is 392 g/mol. The number of rotatable bonds is 6. The molecule has 1 aromatic carbocycles. The lowest BCUT2D eigenvalue weighted by molar-refractivity contribution is -0.133. The zero-order chi connectivity index (χ0) is 19.2. The van der Waals surface area contributed by atoms with Gasteiger partial charge in [0, 0.05) is 45.0 Å². The van der Waals surface area contributed by atoms with E-state index in [0.29, 0.717) is 30.5 Å². The Morgan fingerprint density at radius 3 is 2.56 bits per heavy atom. The summed E-state index contributed by atoms with van der Waals surface area (Å²) in [6, 6.07) is 8.57. The molecule has 2 heterocycles. The molecule has 1 aromatic heterocycles. The minimum Gasteiger partial charge on any atom is -0.491 e. The first-order chi connectivity index (χ1) is 13.0. The predicted molar refractivity (Wildman–Crippen MR) is 101 cm³/mol. The number of hydrogen-bond acceptors (Lipinski definition) is 5. The van der Waals surface area contributed by atoms with Gasteiger partial charge in [0.05, 0.1) is 5.02 Å². The fourth-order valence-corrected chi connectivity index (χ4v) is 3.07. The largest absolute Gasteiger partial charge is 0.491 e. The Bertz CT molecular complexity index is 902. The summed E-state index contributed by atoms with van der Waals surface area (Å²) in [6.45, 7) is 3.82. The Hall–Kier alpha value is -2.58. The number of carbonyl (C=O) groups is 1. The second-order valence-electron chi connectivity index (χ2n) is 6.24. The number of aromatic nitrogens is 2. The van der Waals surface area contributed by atoms with E-state index in [-0.39, 0.29) is 12.5 Å². The number of para-hydroxylation sites is 1. The fourth-order valence-electron chi connectivity index (χ4n) is 2.88. The lowest BCUT2D eigenvalue weighted by atomic mass is 10.3. The average Bonchev–Trinajstić information content (AvgIpc) is 2.66. The summed E-state index contributed by atoms with van der Waals surface area (Å²) in [6.07, 6.45) is 1.33. The Kier molecular flexibility index (Phi) is 6.31. The molecule has 0 radical (unpaired) electrons. The van der Waals surface area contributed by atoms with Crippen molar-refractivity contribution < 1.29 is 9.53 Å². The molecule has 0 atom stereocenters. The number of benzene rings is 1. The van der Waals surface area contributed by atoms with Crippen LogP contribution in [0, 0.1) is 0 Å². The lowest BCUT2D eigenvalue weighted by Crippen LogP contribution is -2.50. The third-order valence-electron chi connectivity index (χ3n) is 4.43. The van der Waals surface area contributed by atoms with Gasteiger partial charge >= 0.3 is 5.69 Å². The maximum Gasteiger partial charge on any atom is 0.328 e. The summed E-state index contributed by atoms with van der Waals surface area (Å²) in [5, 5.41) is 0.588. The van der Waals surface area contributed by atoms with Gasteiger partial charge in [0.1, 0.15) is 18.9 Å². The van der Waals surface area contributed by atoms with Crippen LogP contribution in [0.1, 0.15) is 0 Å². The minimum absolute atomic E-state index is 0.0781. The molecule has 9 heteroatoms. The molecule has 0 aliphatic carbocycles. The van der Waals surface area contributed by atoms with Crippen molar-refractivity contribution in [1.82, 2.24) is 19.4 Å². The number of H-pyrrole nitrogens is 1. The first-order valence-electron chi connectivity index (χ1n) is 8.70. The molecule has 1 aliphatic rings. The highest BCUT2D eigenvalue weighted by Gasteiger charge is 2.21. The standard InChI is InChI=1S/C18H21ClN4O4/c19-14-3-1-2-4-15(14)27-12-11-21-7-9-22(10-8-21)17(25)13-23-6-5-16(24)20-18(23)26/h1-6H,7-13H2,(H,20,24,26). The van der Waals surface area contributed by atoms with E-state index in [2.05, 4.69) is 9.88 Å². The summed E-state index contributed by atoms with van der Waals surface area (Å²) in [7, 11) is 0. The molecule has 2 aromatic rings. The predicted octanol–water partition coefficient (Wildman–Crippen LogP) is 0.413. The van der Waals surface area contributed by atoms with E-state index in [9.17, 15) is 14.4 Å². The molecular weight excluding hydrogens is 372 g/mol. The highest BCUT2D eigenvalue weighted by atomic mass is 35.5. The number of ether oxygens (including phenoxy) is 1. The van der Waals surface area contributed by atoms with Crippen molar-refractivity contribution in [3.05, 3.63) is 62.4 Å². The van der Waals surface area contributed by atoms with Crippen molar-refractivity contribution in [2.45, 2.75) is 6.54 Å². The number of amides is 1. The quantitative estimate of drug-likeness (QED) is 0.769. The van der Waals surface area contributed by atoms with E-state index in [1.54, 1.807) is 11.0 Å². The Morgan fingerprint density at radius 2 is 1.85 bits per heavy atom. The number of halogens is 1. The van der Waals surface area contributed by atoms with Gasteiger partial charge < -0.3 is 9.64 Å². The van der Waals surface area contributed by atoms with Gasteiger partial charge in [-0.2, -0.15) is 0 Å². The van der Waals surface area contributed by atoms with Crippen molar-refractivity contribution >= 4 is 17.5 Å². The summed E-state index contributed by atoms with van der Waals surface area (Å²) >= 11 is 6.06. The second kappa shape index (κ2) is 8.88. The van der Waals surface area contributed by atoms with Gasteiger partial charge in [-0.15, -0.1) is 0 Å². The third kappa shape index (κ3) is 5.21. The van der Waals surface area contributed by atoms with Gasteiger partial charge in [-0.1, -0.05) is 23.7 Å². The smallest absolute Gasteiger partial charge is 0.328 e. The van der Waals surface area contributed by atoms with Crippen LogP contribution in [0.25, 0.3) is 0 Å². The van der Waals surface area contributed by atoms with Gasteiger partial charge in [0.15, 0.2) is 0 Å². The van der Waals surface area contributed by atoms with Gasteiger partial charge in [-0.05, 0) is 12.1 Å². The summed E-state index contributed by atoms with van der Waals surface area (Å²) in [4.78, 5) is 41.2. The molecule has 3 rings (SSSR count). The number of carbonyl (C=O) groups excluding carboxylic acids is 1. The van der Waals surface area contributed by atoms with Gasteiger partial charge in [-0.3, -0.25) is 24.0 Å². The second-order valence-corrected chi connectivity index (χ2v) is 6.65. The van der Waals surface area contributed by atoms with Crippen LogP contribution in [0.15, 0.2) is 46.1 Å². The first kappa shape index (κ1) is 19.2. The Balaban J connectivity index is 1.43. The van der Waals surface area contributed by atoms with E-state index in [1.807, 2.05) is 18.2 Å². The van der Waals surface area contributed by atoms with Crippen molar-refractivity contribution in [3.63, 3.8) is 0 Å². The maximum atomic E-state index is 12.4. The molecule has 0 unspecified atom stereocenters. The zero-order valence-corrected chi connectivity index (χ0v) is 15.5. The van der Waals surface area contributed by atoms with Crippen molar-refractivity contribution in [3.8, 4) is 5.75 Å². The van der Waals surface area contributed by atoms with Crippen molar-refractivity contribution in [2.24, 2.45) is 0 Å². The van der Waals surface area contributed by atoms with E-state index in [0.717, 1.165) is 19.6 Å². The summed E-state index contributed by atoms with van der Waals surface area (Å²) in [5.41, 5.74) is -1.05. The topological polar surface area (TPSA) is 87.6 Å². The SMILES string of the molecule is O=C(Cn1ccc(=O)[nH]c1=O)N1CCN(CCOc2ccccc2Cl)CC1. The molecule has 0 saturated carbocycles. The highest BCUT2D eigenvalue weighted by Crippen LogP contribution is 2.22. The minimum atomic E-state index is -0.578. The molecule has 1 N–H and O–H groups in total. The molecule has 1 saturated heterocycles. The van der Waals surface area contributed by atoms with Crippen LogP contribution in [0.3, 0.4) is 0 Å². The molecule has 0 bridgehead atoms. The molecule has 0 spiro atoms. The normalized spacial score (nSPS) is 14.9. The summed E-state index contributed by atoms with van der Waals surface area (Å²) < 4.78 is 6.90. The number of nitrogens with one attached hydrogen (secondary N) is 1. The molecule has 1 aliphatic heterocycles. The van der Waals surface area contributed by atoms with E-state index in [4.69, 9.17) is 16.3 Å². The van der Waals surface area contributed by atoms with Crippen LogP contribution in [0.5, 0.6) is 5.75 Å². The Labute approximate surface area is 160 Å². The van der Waals surface area contributed by atoms with Gasteiger partial charge in [0.2, 0.25) is 5.91 Å². The fraction of sp³-hybridized carbons (Fsp3) is 0.389. The van der Waals surface area contributed by atoms with E-state index in [1.165, 1.54) is 16.8 Å². The van der Waals surface area contributed by atoms with Crippen LogP contribution >= 0.6 is 11.6 Å². The lowest BCUT2D eigenvalue weighted by Gasteiger charge is -2.34. The zero-order valence-electron chi connectivity index (χ0n) is 14.8. The molecular formula is C18H21ClN4O4. The van der Waals surface area contributed by atoms with Crippen LogP contribution in [-0.4, -0.2) is 64.6 Å². The van der Waals surface area contributed by atoms with Gasteiger partial charge in [-0.25, -0.2) is 4.79 Å². The number of nitrogens with zero attached hydrogens (tertiary/aromatic N) is 3. The third-order valence-corrected chi connectivity index (χ3v) is 4.74. The number of piperazine rings is 1. The van der Waals surface area contributed by atoms with Crippen LogP contribution < -0.4 is 16.0 Å². The van der Waals surface area contributed by atoms with Crippen LogP contribution in [-0.2, 0) is 11.3 Å². The molecule has 27 heavy (non-hydrogen) atoms. The number of hydrogen-bond donors (Lipinski definition) is 1. The first-order valence-corrected chi connectivity index (χ1v) is 9.08. The molecule has 144 valence electrons. The molecule has 8 nitrogen and oxygen atoms in total. The summed E-state index contributed by atoms with van der Waals surface area (Å²) in [5.74, 6) is 0.524. The van der Waals surface area contributed by atoms with Crippen LogP contribution in [0.4, 0.5) is 0 Å². The van der Waals surface area contributed by atoms with Crippen LogP contribution in [0.2, 0.25) is 5.02 Å². The van der Waals surface area contributed by atoms with Crippen molar-refractivity contribution in [2.75, 3.05) is 39.3 Å². The highest BCUT2D eigenvalue weighted by molar-refractivity contribution is 6.32. The van der Waals surface area contributed by atoms with E-state index < -0.39 is 11.2 Å². The van der Waals surface area contributed by atoms with Gasteiger partial charge in [0.25, 0.3) is 5.56 Å². The van der Waals surface area contributed by atoms with E-state index >= 15 is 0 Å². The molecule has 1 fully saturated rings. The number of aromatic amines is 1. The average molecular weight is 393 g/mol.